The van der Waals surface area contributed by atoms with Gasteiger partial charge in [-0.3, -0.25) is 9.59 Å². The molecule has 2 aromatic rings. The van der Waals surface area contributed by atoms with Gasteiger partial charge in [-0.1, -0.05) is 42.5 Å². The fourth-order valence-electron chi connectivity index (χ4n) is 3.92. The van der Waals surface area contributed by atoms with Crippen LogP contribution in [-0.4, -0.2) is 28.5 Å². The summed E-state index contributed by atoms with van der Waals surface area (Å²) >= 11 is 1.72. The van der Waals surface area contributed by atoms with Gasteiger partial charge in [0.2, 0.25) is 11.8 Å². The lowest BCUT2D eigenvalue weighted by Gasteiger charge is -2.34. The maximum Gasteiger partial charge on any atom is 0.248 e. The third-order valence-corrected chi connectivity index (χ3v) is 6.90. The Morgan fingerprint density at radius 2 is 1.96 bits per heavy atom. The highest BCUT2D eigenvalue weighted by Gasteiger charge is 2.56. The van der Waals surface area contributed by atoms with Crippen molar-refractivity contribution in [3.05, 3.63) is 65.2 Å². The van der Waals surface area contributed by atoms with Crippen LogP contribution >= 0.6 is 11.8 Å². The quantitative estimate of drug-likeness (QED) is 0.898. The topological polar surface area (TPSA) is 49.4 Å². The number of nitrogens with zero attached hydrogens (tertiary/aromatic N) is 1. The van der Waals surface area contributed by atoms with Crippen LogP contribution in [0, 0.1) is 13.8 Å². The monoisotopic (exact) mass is 366 g/mol. The van der Waals surface area contributed by atoms with E-state index in [0.29, 0.717) is 12.2 Å². The molecule has 134 valence electrons. The molecule has 0 aliphatic carbocycles. The molecule has 5 heteroatoms. The van der Waals surface area contributed by atoms with Crippen LogP contribution in [0.5, 0.6) is 0 Å². The van der Waals surface area contributed by atoms with Crippen molar-refractivity contribution in [1.82, 2.24) is 4.90 Å². The Morgan fingerprint density at radius 1 is 1.19 bits per heavy atom. The standard InChI is InChI=1S/C21H22N2O2S/c1-14-8-9-15(2)17(12-14)22-20(25)18-13-26-21(11-10-19(24)23(18)21)16-6-4-3-5-7-16/h3-9,12,18H,10-11,13H2,1-2H3,(H,22,25)/t18-,21+/m1/s1. The molecule has 0 radical (unpaired) electrons. The van der Waals surface area contributed by atoms with Gasteiger partial charge in [0.05, 0.1) is 0 Å². The maximum absolute atomic E-state index is 13.0. The molecule has 0 aromatic heterocycles. The van der Waals surface area contributed by atoms with Crippen LogP contribution in [0.2, 0.25) is 0 Å². The normalized spacial score (nSPS) is 24.6. The van der Waals surface area contributed by atoms with Crippen molar-refractivity contribution in [2.75, 3.05) is 11.1 Å². The molecule has 2 heterocycles. The summed E-state index contributed by atoms with van der Waals surface area (Å²) in [5, 5.41) is 3.05. The van der Waals surface area contributed by atoms with Gasteiger partial charge in [0.1, 0.15) is 10.9 Å². The summed E-state index contributed by atoms with van der Waals surface area (Å²) in [6.45, 7) is 3.98. The summed E-state index contributed by atoms with van der Waals surface area (Å²) in [6, 6.07) is 15.7. The van der Waals surface area contributed by atoms with Crippen LogP contribution in [0.15, 0.2) is 48.5 Å². The molecule has 0 saturated carbocycles. The van der Waals surface area contributed by atoms with Crippen molar-refractivity contribution in [2.45, 2.75) is 37.6 Å². The van der Waals surface area contributed by atoms with Crippen LogP contribution in [-0.2, 0) is 14.5 Å². The Kier molecular flexibility index (Phi) is 4.27. The Morgan fingerprint density at radius 3 is 2.73 bits per heavy atom. The lowest BCUT2D eigenvalue weighted by molar-refractivity contribution is -0.136. The molecule has 0 spiro atoms. The van der Waals surface area contributed by atoms with Crippen LogP contribution in [0.25, 0.3) is 0 Å². The summed E-state index contributed by atoms with van der Waals surface area (Å²) in [4.78, 5) is 27.1. The second-order valence-corrected chi connectivity index (χ2v) is 8.35. The fourth-order valence-corrected chi connectivity index (χ4v) is 5.57. The molecule has 0 bridgehead atoms. The first-order valence-corrected chi connectivity index (χ1v) is 9.89. The van der Waals surface area contributed by atoms with E-state index in [1.807, 2.05) is 55.1 Å². The molecule has 2 saturated heterocycles. The highest BCUT2D eigenvalue weighted by atomic mass is 32.2. The number of fused-ring (bicyclic) bond motifs is 1. The van der Waals surface area contributed by atoms with Crippen molar-refractivity contribution >= 4 is 29.3 Å². The van der Waals surface area contributed by atoms with E-state index in [9.17, 15) is 9.59 Å². The molecule has 2 aliphatic heterocycles. The van der Waals surface area contributed by atoms with Crippen molar-refractivity contribution in [3.8, 4) is 0 Å². The Bertz CT molecular complexity index is 868. The first-order chi connectivity index (χ1) is 12.5. The maximum atomic E-state index is 13.0. The molecule has 4 rings (SSSR count). The second kappa shape index (κ2) is 6.47. The number of carbonyl (C=O) groups excluding carboxylic acids is 2. The minimum absolute atomic E-state index is 0.0694. The second-order valence-electron chi connectivity index (χ2n) is 7.05. The van der Waals surface area contributed by atoms with Crippen LogP contribution in [0.3, 0.4) is 0 Å². The lowest BCUT2D eigenvalue weighted by atomic mass is 10.0. The number of rotatable bonds is 3. The zero-order valence-electron chi connectivity index (χ0n) is 15.0. The molecule has 2 atom stereocenters. The van der Waals surface area contributed by atoms with E-state index >= 15 is 0 Å². The van der Waals surface area contributed by atoms with Gasteiger partial charge >= 0.3 is 0 Å². The van der Waals surface area contributed by atoms with Gasteiger partial charge in [-0.15, -0.1) is 11.8 Å². The Labute approximate surface area is 158 Å². The molecule has 2 aliphatic rings. The first-order valence-electron chi connectivity index (χ1n) is 8.91. The van der Waals surface area contributed by atoms with Crippen molar-refractivity contribution in [1.29, 1.82) is 0 Å². The number of hydrogen-bond acceptors (Lipinski definition) is 3. The van der Waals surface area contributed by atoms with E-state index in [0.717, 1.165) is 28.8 Å². The van der Waals surface area contributed by atoms with E-state index in [4.69, 9.17) is 0 Å². The molecule has 2 amide bonds. The number of aryl methyl sites for hydroxylation is 2. The molecular formula is C21H22N2O2S. The number of hydrogen-bond donors (Lipinski definition) is 1. The molecule has 4 nitrogen and oxygen atoms in total. The Hall–Kier alpha value is -2.27. The summed E-state index contributed by atoms with van der Waals surface area (Å²) in [5.74, 6) is 0.594. The number of amides is 2. The number of carbonyl (C=O) groups is 2. The minimum Gasteiger partial charge on any atom is -0.324 e. The molecule has 1 N–H and O–H groups in total. The summed E-state index contributed by atoms with van der Waals surface area (Å²) in [6.07, 6.45) is 1.25. The Balaban J connectivity index is 1.63. The van der Waals surface area contributed by atoms with Gasteiger partial charge in [0.15, 0.2) is 0 Å². The summed E-state index contributed by atoms with van der Waals surface area (Å²) in [5.41, 5.74) is 4.06. The summed E-state index contributed by atoms with van der Waals surface area (Å²) in [7, 11) is 0. The van der Waals surface area contributed by atoms with Crippen molar-refractivity contribution in [3.63, 3.8) is 0 Å². The molecular weight excluding hydrogens is 344 g/mol. The smallest absolute Gasteiger partial charge is 0.248 e. The van der Waals surface area contributed by atoms with Gasteiger partial charge < -0.3 is 10.2 Å². The molecule has 2 fully saturated rings. The molecule has 2 aromatic carbocycles. The van der Waals surface area contributed by atoms with E-state index in [2.05, 4.69) is 17.4 Å². The van der Waals surface area contributed by atoms with Crippen molar-refractivity contribution in [2.24, 2.45) is 0 Å². The zero-order chi connectivity index (χ0) is 18.3. The predicted octanol–water partition coefficient (Wildman–Crippen LogP) is 3.83. The largest absolute Gasteiger partial charge is 0.324 e. The first kappa shape index (κ1) is 17.2. The SMILES string of the molecule is Cc1ccc(C)c(NC(=O)[C@H]2CS[C@]3(c4ccccc4)CCC(=O)N23)c1. The third kappa shape index (κ3) is 2.71. The van der Waals surface area contributed by atoms with E-state index < -0.39 is 10.9 Å². The average molecular weight is 366 g/mol. The minimum atomic E-state index is -0.435. The van der Waals surface area contributed by atoms with E-state index in [-0.39, 0.29) is 11.8 Å². The molecule has 26 heavy (non-hydrogen) atoms. The number of nitrogens with one attached hydrogen (secondary N) is 1. The van der Waals surface area contributed by atoms with Gasteiger partial charge in [-0.25, -0.2) is 0 Å². The number of benzene rings is 2. The number of thioether (sulfide) groups is 1. The highest BCUT2D eigenvalue weighted by molar-refractivity contribution is 8.00. The zero-order valence-corrected chi connectivity index (χ0v) is 15.8. The lowest BCUT2D eigenvalue weighted by Crippen LogP contribution is -2.48. The average Bonchev–Trinajstić information content (AvgIpc) is 3.18. The van der Waals surface area contributed by atoms with Gasteiger partial charge in [-0.2, -0.15) is 0 Å². The third-order valence-electron chi connectivity index (χ3n) is 5.31. The number of anilines is 1. The van der Waals surface area contributed by atoms with Crippen molar-refractivity contribution < 1.29 is 9.59 Å². The van der Waals surface area contributed by atoms with E-state index in [1.165, 1.54) is 0 Å². The van der Waals surface area contributed by atoms with E-state index in [1.54, 1.807) is 11.8 Å². The van der Waals surface area contributed by atoms with Gasteiger partial charge in [-0.05, 0) is 43.0 Å². The predicted molar refractivity (Wildman–Crippen MR) is 105 cm³/mol. The van der Waals surface area contributed by atoms with Crippen LogP contribution < -0.4 is 5.32 Å². The van der Waals surface area contributed by atoms with Gasteiger partial charge in [0, 0.05) is 17.9 Å². The molecule has 0 unspecified atom stereocenters. The highest BCUT2D eigenvalue weighted by Crippen LogP contribution is 2.54. The summed E-state index contributed by atoms with van der Waals surface area (Å²) < 4.78 is 0. The van der Waals surface area contributed by atoms with Crippen LogP contribution in [0.4, 0.5) is 5.69 Å². The van der Waals surface area contributed by atoms with Gasteiger partial charge in [0.25, 0.3) is 0 Å². The van der Waals surface area contributed by atoms with Crippen LogP contribution in [0.1, 0.15) is 29.5 Å². The fraction of sp³-hybridized carbons (Fsp3) is 0.333.